The minimum absolute atomic E-state index is 0.634. The number of hydrogen-bond donors (Lipinski definition) is 2. The molecule has 86 valence electrons. The Morgan fingerprint density at radius 1 is 1.12 bits per heavy atom. The molecule has 2 fully saturated rings. The van der Waals surface area contributed by atoms with E-state index in [1.807, 2.05) is 6.20 Å². The van der Waals surface area contributed by atoms with Crippen LogP contribution < -0.4 is 10.6 Å². The lowest BCUT2D eigenvalue weighted by molar-refractivity contribution is 0.696. The number of anilines is 1. The van der Waals surface area contributed by atoms with Crippen LogP contribution in [0.4, 0.5) is 5.82 Å². The Kier molecular flexibility index (Phi) is 1.91. The monoisotopic (exact) mass is 225 g/mol. The molecule has 17 heavy (non-hydrogen) atoms. The van der Waals surface area contributed by atoms with Gasteiger partial charge in [0.05, 0.1) is 0 Å². The SMILES string of the molecule is c1ccc2c(NC3[C@H]4CNC[C@@H]34)nccc2c1. The lowest BCUT2D eigenvalue weighted by Crippen LogP contribution is -2.21. The van der Waals surface area contributed by atoms with E-state index >= 15 is 0 Å². The Bertz CT molecular complexity index is 551. The van der Waals surface area contributed by atoms with Gasteiger partial charge in [-0.3, -0.25) is 0 Å². The van der Waals surface area contributed by atoms with E-state index in [0.717, 1.165) is 30.7 Å². The fourth-order valence-electron chi connectivity index (χ4n) is 3.02. The van der Waals surface area contributed by atoms with Crippen LogP contribution in [0.5, 0.6) is 0 Å². The Morgan fingerprint density at radius 3 is 2.82 bits per heavy atom. The largest absolute Gasteiger partial charge is 0.366 e. The molecule has 0 amide bonds. The van der Waals surface area contributed by atoms with Gasteiger partial charge in [0.2, 0.25) is 0 Å². The normalized spacial score (nSPS) is 30.2. The number of pyridine rings is 1. The maximum absolute atomic E-state index is 4.48. The lowest BCUT2D eigenvalue weighted by Gasteiger charge is -2.10. The second-order valence-electron chi connectivity index (χ2n) is 5.04. The zero-order valence-corrected chi connectivity index (χ0v) is 9.56. The van der Waals surface area contributed by atoms with Gasteiger partial charge in [-0.05, 0) is 23.3 Å². The molecule has 1 aromatic heterocycles. The molecule has 2 aliphatic rings. The van der Waals surface area contributed by atoms with Crippen molar-refractivity contribution < 1.29 is 0 Å². The summed E-state index contributed by atoms with van der Waals surface area (Å²) in [7, 11) is 0. The molecular weight excluding hydrogens is 210 g/mol. The number of fused-ring (bicyclic) bond motifs is 2. The van der Waals surface area contributed by atoms with Crippen LogP contribution in [0.25, 0.3) is 10.8 Å². The third-order valence-corrected chi connectivity index (χ3v) is 4.07. The molecule has 1 saturated heterocycles. The summed E-state index contributed by atoms with van der Waals surface area (Å²) in [5.74, 6) is 2.68. The Morgan fingerprint density at radius 2 is 1.94 bits per heavy atom. The first kappa shape index (κ1) is 9.42. The first-order valence-electron chi connectivity index (χ1n) is 6.24. The van der Waals surface area contributed by atoms with Gasteiger partial charge >= 0.3 is 0 Å². The van der Waals surface area contributed by atoms with Crippen molar-refractivity contribution in [3.63, 3.8) is 0 Å². The molecule has 0 radical (unpaired) electrons. The molecule has 0 spiro atoms. The van der Waals surface area contributed by atoms with Crippen molar-refractivity contribution in [2.24, 2.45) is 11.8 Å². The second kappa shape index (κ2) is 3.44. The predicted octanol–water partition coefficient (Wildman–Crippen LogP) is 1.86. The van der Waals surface area contributed by atoms with Crippen molar-refractivity contribution in [3.8, 4) is 0 Å². The van der Waals surface area contributed by atoms with Gasteiger partial charge in [0.1, 0.15) is 5.82 Å². The quantitative estimate of drug-likeness (QED) is 0.819. The van der Waals surface area contributed by atoms with E-state index in [9.17, 15) is 0 Å². The van der Waals surface area contributed by atoms with Crippen molar-refractivity contribution in [1.29, 1.82) is 0 Å². The van der Waals surface area contributed by atoms with Crippen molar-refractivity contribution >= 4 is 16.6 Å². The Hall–Kier alpha value is -1.61. The van der Waals surface area contributed by atoms with E-state index in [4.69, 9.17) is 0 Å². The topological polar surface area (TPSA) is 37.0 Å². The van der Waals surface area contributed by atoms with E-state index in [1.54, 1.807) is 0 Å². The number of rotatable bonds is 2. The highest BCUT2D eigenvalue weighted by atomic mass is 15.1. The molecule has 1 unspecified atom stereocenters. The highest BCUT2D eigenvalue weighted by Gasteiger charge is 2.53. The molecule has 2 heterocycles. The summed E-state index contributed by atoms with van der Waals surface area (Å²) in [6.45, 7) is 2.32. The third kappa shape index (κ3) is 1.42. The van der Waals surface area contributed by atoms with E-state index in [2.05, 4.69) is 45.9 Å². The van der Waals surface area contributed by atoms with Crippen LogP contribution in [0.1, 0.15) is 0 Å². The number of hydrogen-bond acceptors (Lipinski definition) is 3. The summed E-state index contributed by atoms with van der Waals surface area (Å²) in [4.78, 5) is 4.48. The zero-order chi connectivity index (χ0) is 11.2. The standard InChI is InChI=1S/C14H15N3/c1-2-4-10-9(3-1)5-6-16-14(10)17-13-11-7-15-8-12(11)13/h1-6,11-13,15H,7-8H2,(H,16,17)/t11-,12+,13?. The van der Waals surface area contributed by atoms with Crippen LogP contribution in [-0.4, -0.2) is 24.1 Å². The molecule has 2 aromatic rings. The molecule has 1 saturated carbocycles. The van der Waals surface area contributed by atoms with Crippen LogP contribution in [0.3, 0.4) is 0 Å². The van der Waals surface area contributed by atoms with Crippen molar-refractivity contribution in [2.75, 3.05) is 18.4 Å². The van der Waals surface area contributed by atoms with E-state index in [1.165, 1.54) is 10.8 Å². The highest BCUT2D eigenvalue weighted by Crippen LogP contribution is 2.44. The Labute approximate surface area is 100 Å². The summed E-state index contributed by atoms with van der Waals surface area (Å²) < 4.78 is 0. The molecule has 3 nitrogen and oxygen atoms in total. The summed E-state index contributed by atoms with van der Waals surface area (Å²) in [5.41, 5.74) is 0. The average molecular weight is 225 g/mol. The average Bonchev–Trinajstić information content (AvgIpc) is 2.83. The van der Waals surface area contributed by atoms with Crippen molar-refractivity contribution in [3.05, 3.63) is 36.5 Å². The van der Waals surface area contributed by atoms with Crippen molar-refractivity contribution in [2.45, 2.75) is 6.04 Å². The number of nitrogens with zero attached hydrogens (tertiary/aromatic N) is 1. The molecule has 1 aliphatic carbocycles. The fraction of sp³-hybridized carbons (Fsp3) is 0.357. The molecule has 3 atom stereocenters. The van der Waals surface area contributed by atoms with Gasteiger partial charge in [0, 0.05) is 30.7 Å². The van der Waals surface area contributed by atoms with Gasteiger partial charge in [0.25, 0.3) is 0 Å². The number of benzene rings is 1. The zero-order valence-electron chi connectivity index (χ0n) is 9.56. The van der Waals surface area contributed by atoms with Gasteiger partial charge in [-0.15, -0.1) is 0 Å². The highest BCUT2D eigenvalue weighted by molar-refractivity contribution is 5.91. The van der Waals surface area contributed by atoms with E-state index in [0.29, 0.717) is 6.04 Å². The molecule has 4 rings (SSSR count). The van der Waals surface area contributed by atoms with Crippen molar-refractivity contribution in [1.82, 2.24) is 10.3 Å². The molecule has 2 N–H and O–H groups in total. The van der Waals surface area contributed by atoms with Gasteiger partial charge < -0.3 is 10.6 Å². The summed E-state index contributed by atoms with van der Waals surface area (Å²) in [6, 6.07) is 11.1. The molecular formula is C14H15N3. The lowest BCUT2D eigenvalue weighted by atomic mass is 10.1. The number of piperidine rings is 1. The molecule has 1 aliphatic heterocycles. The minimum atomic E-state index is 0.634. The summed E-state index contributed by atoms with van der Waals surface area (Å²) >= 11 is 0. The van der Waals surface area contributed by atoms with Crippen LogP contribution in [0, 0.1) is 11.8 Å². The minimum Gasteiger partial charge on any atom is -0.366 e. The number of aromatic nitrogens is 1. The summed E-state index contributed by atoms with van der Waals surface area (Å²) in [5, 5.41) is 9.51. The van der Waals surface area contributed by atoms with Gasteiger partial charge in [-0.1, -0.05) is 24.3 Å². The third-order valence-electron chi connectivity index (χ3n) is 4.07. The predicted molar refractivity (Wildman–Crippen MR) is 69.0 cm³/mol. The maximum Gasteiger partial charge on any atom is 0.134 e. The van der Waals surface area contributed by atoms with Crippen LogP contribution in [-0.2, 0) is 0 Å². The molecule has 3 heteroatoms. The number of nitrogens with one attached hydrogen (secondary N) is 2. The molecule has 0 bridgehead atoms. The smallest absolute Gasteiger partial charge is 0.134 e. The first-order valence-corrected chi connectivity index (χ1v) is 6.24. The van der Waals surface area contributed by atoms with E-state index in [-0.39, 0.29) is 0 Å². The van der Waals surface area contributed by atoms with E-state index < -0.39 is 0 Å². The van der Waals surface area contributed by atoms with Crippen LogP contribution >= 0.6 is 0 Å². The first-order chi connectivity index (χ1) is 8.43. The van der Waals surface area contributed by atoms with Gasteiger partial charge in [-0.2, -0.15) is 0 Å². The fourth-order valence-corrected chi connectivity index (χ4v) is 3.02. The Balaban J connectivity index is 1.67. The second-order valence-corrected chi connectivity index (χ2v) is 5.04. The van der Waals surface area contributed by atoms with Gasteiger partial charge in [0.15, 0.2) is 0 Å². The van der Waals surface area contributed by atoms with Gasteiger partial charge in [-0.25, -0.2) is 4.98 Å². The summed E-state index contributed by atoms with van der Waals surface area (Å²) in [6.07, 6.45) is 1.89. The van der Waals surface area contributed by atoms with Crippen LogP contribution in [0.2, 0.25) is 0 Å². The molecule has 1 aromatic carbocycles. The maximum atomic E-state index is 4.48. The van der Waals surface area contributed by atoms with Crippen LogP contribution in [0.15, 0.2) is 36.5 Å².